The smallest absolute Gasteiger partial charge is 0.259 e. The summed E-state index contributed by atoms with van der Waals surface area (Å²) >= 11 is 1.46. The predicted octanol–water partition coefficient (Wildman–Crippen LogP) is 2.86. The maximum Gasteiger partial charge on any atom is 0.259 e. The van der Waals surface area contributed by atoms with E-state index >= 15 is 0 Å². The first-order valence-corrected chi connectivity index (χ1v) is 7.08. The monoisotopic (exact) mass is 291 g/mol. The van der Waals surface area contributed by atoms with Crippen LogP contribution in [-0.2, 0) is 6.42 Å². The van der Waals surface area contributed by atoms with Gasteiger partial charge in [-0.2, -0.15) is 0 Å². The minimum Gasteiger partial charge on any atom is -0.495 e. The number of nitrogen functional groups attached to an aromatic ring is 1. The third-order valence-corrected chi connectivity index (χ3v) is 3.91. The molecule has 2 rings (SSSR count). The summed E-state index contributed by atoms with van der Waals surface area (Å²) in [6.07, 6.45) is 0.847. The Kier molecular flexibility index (Phi) is 4.24. The topological polar surface area (TPSA) is 77.2 Å². The van der Waals surface area contributed by atoms with Gasteiger partial charge in [-0.25, -0.2) is 4.98 Å². The van der Waals surface area contributed by atoms with E-state index in [1.54, 1.807) is 18.2 Å². The molecule has 0 aliphatic heterocycles. The second-order valence-corrected chi connectivity index (χ2v) is 5.45. The van der Waals surface area contributed by atoms with Gasteiger partial charge in [0.25, 0.3) is 5.91 Å². The van der Waals surface area contributed by atoms with E-state index in [0.717, 1.165) is 17.0 Å². The lowest BCUT2D eigenvalue weighted by molar-refractivity contribution is 0.102. The fraction of sp³-hybridized carbons (Fsp3) is 0.286. The van der Waals surface area contributed by atoms with Crippen LogP contribution < -0.4 is 15.8 Å². The van der Waals surface area contributed by atoms with Crippen molar-refractivity contribution in [1.82, 2.24) is 4.98 Å². The van der Waals surface area contributed by atoms with Crippen molar-refractivity contribution in [2.45, 2.75) is 20.3 Å². The molecule has 6 heteroatoms. The second-order valence-electron chi connectivity index (χ2n) is 4.25. The Morgan fingerprint density at radius 3 is 2.85 bits per heavy atom. The van der Waals surface area contributed by atoms with E-state index in [4.69, 9.17) is 10.5 Å². The number of anilines is 2. The Hall–Kier alpha value is -2.08. The number of nitrogens with zero attached hydrogens (tertiary/aromatic N) is 1. The molecule has 3 N–H and O–H groups in total. The molecule has 0 fully saturated rings. The van der Waals surface area contributed by atoms with Gasteiger partial charge in [0.2, 0.25) is 0 Å². The number of benzene rings is 1. The Morgan fingerprint density at radius 1 is 1.50 bits per heavy atom. The van der Waals surface area contributed by atoms with Crippen LogP contribution in [0.5, 0.6) is 5.75 Å². The van der Waals surface area contributed by atoms with E-state index in [-0.39, 0.29) is 5.91 Å². The summed E-state index contributed by atoms with van der Waals surface area (Å²) in [6.45, 7) is 4.03. The second kappa shape index (κ2) is 5.92. The van der Waals surface area contributed by atoms with Crippen LogP contribution in [0.15, 0.2) is 18.2 Å². The quantitative estimate of drug-likeness (QED) is 0.849. The number of aryl methyl sites for hydroxylation is 2. The zero-order chi connectivity index (χ0) is 14.7. The number of carbonyl (C=O) groups is 1. The summed E-state index contributed by atoms with van der Waals surface area (Å²) in [6, 6.07) is 5.11. The van der Waals surface area contributed by atoms with Crippen molar-refractivity contribution in [3.63, 3.8) is 0 Å². The number of amides is 1. The molecule has 0 aliphatic carbocycles. The van der Waals surface area contributed by atoms with Crippen LogP contribution >= 0.6 is 11.3 Å². The SMILES string of the molecule is CCc1nc(NC(=O)c2cccc(OC)c2N)sc1C. The molecule has 0 spiro atoms. The molecule has 106 valence electrons. The van der Waals surface area contributed by atoms with Crippen LogP contribution in [-0.4, -0.2) is 18.0 Å². The van der Waals surface area contributed by atoms with Gasteiger partial charge < -0.3 is 10.5 Å². The summed E-state index contributed by atoms with van der Waals surface area (Å²) < 4.78 is 5.11. The third-order valence-electron chi connectivity index (χ3n) is 2.98. The normalized spacial score (nSPS) is 10.3. The first-order chi connectivity index (χ1) is 9.56. The van der Waals surface area contributed by atoms with E-state index in [2.05, 4.69) is 10.3 Å². The Labute approximate surface area is 121 Å². The van der Waals surface area contributed by atoms with Crippen LogP contribution in [0, 0.1) is 6.92 Å². The molecule has 0 radical (unpaired) electrons. The standard InChI is InChI=1S/C14H17N3O2S/c1-4-10-8(2)20-14(16-10)17-13(18)9-6-5-7-11(19-3)12(9)15/h5-7H,4,15H2,1-3H3,(H,16,17,18). The lowest BCUT2D eigenvalue weighted by Crippen LogP contribution is -2.14. The van der Waals surface area contributed by atoms with Crippen LogP contribution in [0.1, 0.15) is 27.9 Å². The zero-order valence-electron chi connectivity index (χ0n) is 11.7. The summed E-state index contributed by atoms with van der Waals surface area (Å²) in [5.41, 5.74) is 7.63. The molecule has 1 heterocycles. The van der Waals surface area contributed by atoms with E-state index in [1.807, 2.05) is 13.8 Å². The van der Waals surface area contributed by atoms with E-state index in [9.17, 15) is 4.79 Å². The zero-order valence-corrected chi connectivity index (χ0v) is 12.5. The molecule has 20 heavy (non-hydrogen) atoms. The minimum atomic E-state index is -0.280. The minimum absolute atomic E-state index is 0.280. The molecule has 5 nitrogen and oxygen atoms in total. The molecule has 1 amide bonds. The van der Waals surface area contributed by atoms with Crippen LogP contribution in [0.2, 0.25) is 0 Å². The maximum atomic E-state index is 12.2. The van der Waals surface area contributed by atoms with E-state index in [0.29, 0.717) is 22.1 Å². The number of ether oxygens (including phenoxy) is 1. The highest BCUT2D eigenvalue weighted by Gasteiger charge is 2.15. The van der Waals surface area contributed by atoms with Crippen LogP contribution in [0.3, 0.4) is 0 Å². The van der Waals surface area contributed by atoms with Crippen molar-refractivity contribution in [3.8, 4) is 5.75 Å². The molecule has 1 aromatic carbocycles. The highest BCUT2D eigenvalue weighted by atomic mass is 32.1. The molecule has 0 bridgehead atoms. The molecule has 0 aliphatic rings. The largest absolute Gasteiger partial charge is 0.495 e. The van der Waals surface area contributed by atoms with E-state index < -0.39 is 0 Å². The Bertz CT molecular complexity index is 637. The average Bonchev–Trinajstić information content (AvgIpc) is 2.78. The summed E-state index contributed by atoms with van der Waals surface area (Å²) in [5.74, 6) is 0.208. The lowest BCUT2D eigenvalue weighted by Gasteiger charge is -2.09. The predicted molar refractivity (Wildman–Crippen MR) is 81.6 cm³/mol. The van der Waals surface area contributed by atoms with Gasteiger partial charge in [0, 0.05) is 4.88 Å². The summed E-state index contributed by atoms with van der Waals surface area (Å²) in [7, 11) is 1.52. The van der Waals surface area contributed by atoms with Gasteiger partial charge >= 0.3 is 0 Å². The molecule has 0 unspecified atom stereocenters. The van der Waals surface area contributed by atoms with Gasteiger partial charge in [-0.3, -0.25) is 10.1 Å². The molecule has 2 aromatic rings. The van der Waals surface area contributed by atoms with Gasteiger partial charge in [0.05, 0.1) is 24.1 Å². The highest BCUT2D eigenvalue weighted by molar-refractivity contribution is 7.15. The number of carbonyl (C=O) groups excluding carboxylic acids is 1. The number of aromatic nitrogens is 1. The number of hydrogen-bond acceptors (Lipinski definition) is 5. The molecular formula is C14H17N3O2S. The van der Waals surface area contributed by atoms with Gasteiger partial charge in [0.1, 0.15) is 5.75 Å². The van der Waals surface area contributed by atoms with Gasteiger partial charge in [0.15, 0.2) is 5.13 Å². The fourth-order valence-electron chi connectivity index (χ4n) is 1.89. The van der Waals surface area contributed by atoms with Gasteiger partial charge in [-0.1, -0.05) is 13.0 Å². The first kappa shape index (κ1) is 14.3. The van der Waals surface area contributed by atoms with Crippen molar-refractivity contribution < 1.29 is 9.53 Å². The first-order valence-electron chi connectivity index (χ1n) is 6.27. The molecule has 0 saturated carbocycles. The van der Waals surface area contributed by atoms with Crippen LogP contribution in [0.25, 0.3) is 0 Å². The number of methoxy groups -OCH3 is 1. The number of nitrogens with one attached hydrogen (secondary N) is 1. The van der Waals surface area contributed by atoms with Crippen molar-refractivity contribution in [2.24, 2.45) is 0 Å². The summed E-state index contributed by atoms with van der Waals surface area (Å²) in [5, 5.41) is 3.37. The molecular weight excluding hydrogens is 274 g/mol. The fourth-order valence-corrected chi connectivity index (χ4v) is 2.79. The van der Waals surface area contributed by atoms with E-state index in [1.165, 1.54) is 18.4 Å². The molecule has 1 aromatic heterocycles. The molecule has 0 atom stereocenters. The lowest BCUT2D eigenvalue weighted by atomic mass is 10.1. The number of nitrogens with two attached hydrogens (primary N) is 1. The number of para-hydroxylation sites is 1. The molecule has 0 saturated heterocycles. The van der Waals surface area contributed by atoms with Crippen molar-refractivity contribution >= 4 is 28.1 Å². The summed E-state index contributed by atoms with van der Waals surface area (Å²) in [4.78, 5) is 17.7. The Morgan fingerprint density at radius 2 is 2.25 bits per heavy atom. The van der Waals surface area contributed by atoms with Crippen LogP contribution in [0.4, 0.5) is 10.8 Å². The average molecular weight is 291 g/mol. The van der Waals surface area contributed by atoms with Gasteiger partial charge in [-0.05, 0) is 25.5 Å². The van der Waals surface area contributed by atoms with Crippen molar-refractivity contribution in [3.05, 3.63) is 34.3 Å². The van der Waals surface area contributed by atoms with Gasteiger partial charge in [-0.15, -0.1) is 11.3 Å². The maximum absolute atomic E-state index is 12.2. The highest BCUT2D eigenvalue weighted by Crippen LogP contribution is 2.27. The van der Waals surface area contributed by atoms with Crippen molar-refractivity contribution in [2.75, 3.05) is 18.2 Å². The number of thiazole rings is 1. The number of hydrogen-bond donors (Lipinski definition) is 2. The Balaban J connectivity index is 2.23. The van der Waals surface area contributed by atoms with Crippen molar-refractivity contribution in [1.29, 1.82) is 0 Å². The number of rotatable bonds is 4. The third kappa shape index (κ3) is 2.75.